The van der Waals surface area contributed by atoms with Crippen molar-refractivity contribution in [3.8, 4) is 0 Å². The Hall–Kier alpha value is -1.62. The van der Waals surface area contributed by atoms with E-state index in [1.807, 2.05) is 30.3 Å². The third-order valence-electron chi connectivity index (χ3n) is 2.95. The quantitative estimate of drug-likeness (QED) is 0.845. The van der Waals surface area contributed by atoms with Gasteiger partial charge in [0.05, 0.1) is 0 Å². The summed E-state index contributed by atoms with van der Waals surface area (Å²) >= 11 is 3.43. The van der Waals surface area contributed by atoms with Crippen molar-refractivity contribution < 1.29 is 4.79 Å². The number of H-pyrrole nitrogens is 1. The number of rotatable bonds is 6. The highest BCUT2D eigenvalue weighted by molar-refractivity contribution is 9.10. The van der Waals surface area contributed by atoms with Crippen LogP contribution in [0.5, 0.6) is 0 Å². The van der Waals surface area contributed by atoms with Gasteiger partial charge in [-0.15, -0.1) is 0 Å². The van der Waals surface area contributed by atoms with Crippen molar-refractivity contribution in [2.75, 3.05) is 5.32 Å². The van der Waals surface area contributed by atoms with Gasteiger partial charge in [0.2, 0.25) is 5.91 Å². The number of carbonyl (C=O) groups excluding carboxylic acids is 1. The molecular formula is C15H18BrN3O. The fraction of sp³-hybridized carbons (Fsp3) is 0.333. The number of nitrogens with one attached hydrogen (secondary N) is 2. The molecule has 2 aromatic rings. The van der Waals surface area contributed by atoms with E-state index in [0.29, 0.717) is 12.2 Å². The van der Waals surface area contributed by atoms with Crippen LogP contribution >= 0.6 is 15.9 Å². The van der Waals surface area contributed by atoms with Gasteiger partial charge in [-0.3, -0.25) is 9.89 Å². The van der Waals surface area contributed by atoms with Gasteiger partial charge in [-0.05, 0) is 30.5 Å². The highest BCUT2D eigenvalue weighted by atomic mass is 79.9. The van der Waals surface area contributed by atoms with E-state index < -0.39 is 0 Å². The molecule has 1 aromatic heterocycles. The van der Waals surface area contributed by atoms with Crippen molar-refractivity contribution >= 4 is 27.7 Å². The molecule has 0 unspecified atom stereocenters. The van der Waals surface area contributed by atoms with Gasteiger partial charge in [-0.1, -0.05) is 41.4 Å². The van der Waals surface area contributed by atoms with Crippen LogP contribution in [0.4, 0.5) is 5.82 Å². The SMILES string of the molecule is CCCc1cc(NC(=O)CCc2cccc(Br)c2)n[nH]1. The highest BCUT2D eigenvalue weighted by Crippen LogP contribution is 2.13. The summed E-state index contributed by atoms with van der Waals surface area (Å²) in [4.78, 5) is 11.9. The first-order valence-electron chi connectivity index (χ1n) is 6.76. The van der Waals surface area contributed by atoms with Gasteiger partial charge >= 0.3 is 0 Å². The lowest BCUT2D eigenvalue weighted by atomic mass is 10.1. The predicted molar refractivity (Wildman–Crippen MR) is 83.7 cm³/mol. The van der Waals surface area contributed by atoms with E-state index in [1.54, 1.807) is 0 Å². The third kappa shape index (κ3) is 4.49. The number of aromatic amines is 1. The smallest absolute Gasteiger partial charge is 0.225 e. The van der Waals surface area contributed by atoms with Crippen molar-refractivity contribution in [3.63, 3.8) is 0 Å². The second-order valence-electron chi connectivity index (χ2n) is 4.71. The van der Waals surface area contributed by atoms with Crippen LogP contribution in [-0.4, -0.2) is 16.1 Å². The Balaban J connectivity index is 1.82. The molecule has 0 aliphatic heterocycles. The largest absolute Gasteiger partial charge is 0.309 e. The summed E-state index contributed by atoms with van der Waals surface area (Å²) in [5.41, 5.74) is 2.19. The van der Waals surface area contributed by atoms with Crippen LogP contribution in [0.3, 0.4) is 0 Å². The molecule has 4 nitrogen and oxygen atoms in total. The molecule has 2 N–H and O–H groups in total. The Morgan fingerprint density at radius 1 is 1.35 bits per heavy atom. The van der Waals surface area contributed by atoms with Crippen LogP contribution < -0.4 is 5.32 Å². The summed E-state index contributed by atoms with van der Waals surface area (Å²) < 4.78 is 1.03. The van der Waals surface area contributed by atoms with Gasteiger partial charge in [0.1, 0.15) is 0 Å². The molecule has 1 heterocycles. The van der Waals surface area contributed by atoms with Crippen LogP contribution in [0, 0.1) is 0 Å². The number of aryl methyl sites for hydroxylation is 2. The van der Waals surface area contributed by atoms with Gasteiger partial charge in [0.25, 0.3) is 0 Å². The lowest BCUT2D eigenvalue weighted by Gasteiger charge is -2.02. The Morgan fingerprint density at radius 3 is 2.95 bits per heavy atom. The van der Waals surface area contributed by atoms with Crippen LogP contribution in [0.15, 0.2) is 34.8 Å². The zero-order valence-electron chi connectivity index (χ0n) is 11.4. The minimum atomic E-state index is -0.0143. The summed E-state index contributed by atoms with van der Waals surface area (Å²) in [6.45, 7) is 2.11. The monoisotopic (exact) mass is 335 g/mol. The van der Waals surface area contributed by atoms with Gasteiger partial charge in [-0.25, -0.2) is 0 Å². The normalized spacial score (nSPS) is 10.5. The van der Waals surface area contributed by atoms with Crippen LogP contribution in [-0.2, 0) is 17.6 Å². The Kier molecular flexibility index (Phi) is 5.35. The number of anilines is 1. The van der Waals surface area contributed by atoms with Gasteiger partial charge in [0, 0.05) is 22.7 Å². The molecule has 0 spiro atoms. The third-order valence-corrected chi connectivity index (χ3v) is 3.44. The van der Waals surface area contributed by atoms with Crippen LogP contribution in [0.2, 0.25) is 0 Å². The molecule has 0 fully saturated rings. The number of hydrogen-bond acceptors (Lipinski definition) is 2. The molecule has 0 radical (unpaired) electrons. The Labute approximate surface area is 127 Å². The zero-order chi connectivity index (χ0) is 14.4. The van der Waals surface area contributed by atoms with Gasteiger partial charge in [0.15, 0.2) is 5.82 Å². The highest BCUT2D eigenvalue weighted by Gasteiger charge is 2.06. The van der Waals surface area contributed by atoms with E-state index in [9.17, 15) is 4.79 Å². The average Bonchev–Trinajstić information content (AvgIpc) is 2.84. The molecule has 0 aliphatic rings. The zero-order valence-corrected chi connectivity index (χ0v) is 13.0. The molecule has 20 heavy (non-hydrogen) atoms. The van der Waals surface area contributed by atoms with E-state index in [1.165, 1.54) is 0 Å². The second-order valence-corrected chi connectivity index (χ2v) is 5.62. The summed E-state index contributed by atoms with van der Waals surface area (Å²) in [6, 6.07) is 9.89. The molecule has 0 bridgehead atoms. The average molecular weight is 336 g/mol. The molecule has 106 valence electrons. The minimum absolute atomic E-state index is 0.0143. The topological polar surface area (TPSA) is 57.8 Å². The maximum atomic E-state index is 11.9. The lowest BCUT2D eigenvalue weighted by Crippen LogP contribution is -2.12. The number of hydrogen-bond donors (Lipinski definition) is 2. The van der Waals surface area contributed by atoms with E-state index in [-0.39, 0.29) is 5.91 Å². The van der Waals surface area contributed by atoms with Crippen molar-refractivity contribution in [1.82, 2.24) is 10.2 Å². The molecule has 0 atom stereocenters. The number of halogens is 1. The predicted octanol–water partition coefficient (Wildman–Crippen LogP) is 3.70. The Bertz CT molecular complexity index is 580. The van der Waals surface area contributed by atoms with Crippen molar-refractivity contribution in [1.29, 1.82) is 0 Å². The van der Waals surface area contributed by atoms with Crippen molar-refractivity contribution in [3.05, 3.63) is 46.1 Å². The first-order chi connectivity index (χ1) is 9.67. The number of amides is 1. The number of aromatic nitrogens is 2. The van der Waals surface area contributed by atoms with Crippen molar-refractivity contribution in [2.45, 2.75) is 32.6 Å². The molecule has 1 aromatic carbocycles. The summed E-state index contributed by atoms with van der Waals surface area (Å²) in [5, 5.41) is 9.81. The number of benzene rings is 1. The summed E-state index contributed by atoms with van der Waals surface area (Å²) in [6.07, 6.45) is 3.17. The fourth-order valence-electron chi connectivity index (χ4n) is 1.98. The fourth-order valence-corrected chi connectivity index (χ4v) is 2.43. The second kappa shape index (κ2) is 7.24. The standard InChI is InChI=1S/C15H18BrN3O/c1-2-4-13-10-14(19-18-13)17-15(20)8-7-11-5-3-6-12(16)9-11/h3,5-6,9-10H,2,4,7-8H2,1H3,(H2,17,18,19,20). The summed E-state index contributed by atoms with van der Waals surface area (Å²) in [7, 11) is 0. The van der Waals surface area contributed by atoms with E-state index >= 15 is 0 Å². The van der Waals surface area contributed by atoms with Crippen LogP contribution in [0.25, 0.3) is 0 Å². The lowest BCUT2D eigenvalue weighted by molar-refractivity contribution is -0.116. The number of carbonyl (C=O) groups is 1. The van der Waals surface area contributed by atoms with E-state index in [4.69, 9.17) is 0 Å². The minimum Gasteiger partial charge on any atom is -0.309 e. The van der Waals surface area contributed by atoms with E-state index in [0.717, 1.165) is 35.0 Å². The first kappa shape index (κ1) is 14.8. The molecule has 0 aliphatic carbocycles. The van der Waals surface area contributed by atoms with Gasteiger partial charge < -0.3 is 5.32 Å². The van der Waals surface area contributed by atoms with Crippen molar-refractivity contribution in [2.24, 2.45) is 0 Å². The van der Waals surface area contributed by atoms with Gasteiger partial charge in [-0.2, -0.15) is 5.10 Å². The first-order valence-corrected chi connectivity index (χ1v) is 7.55. The maximum absolute atomic E-state index is 11.9. The molecule has 5 heteroatoms. The maximum Gasteiger partial charge on any atom is 0.225 e. The molecular weight excluding hydrogens is 318 g/mol. The molecule has 0 saturated heterocycles. The number of nitrogens with zero attached hydrogens (tertiary/aromatic N) is 1. The Morgan fingerprint density at radius 2 is 2.20 bits per heavy atom. The summed E-state index contributed by atoms with van der Waals surface area (Å²) in [5.74, 6) is 0.590. The molecule has 0 saturated carbocycles. The van der Waals surface area contributed by atoms with Crippen LogP contribution in [0.1, 0.15) is 31.0 Å². The molecule has 1 amide bonds. The van der Waals surface area contributed by atoms with E-state index in [2.05, 4.69) is 38.4 Å². The molecule has 2 rings (SSSR count).